The number of carbonyl (C=O) groups is 2. The molecule has 2 aromatic carbocycles. The number of ether oxygens (including phenoxy) is 3. The topological polar surface area (TPSA) is 145 Å². The lowest BCUT2D eigenvalue weighted by molar-refractivity contribution is 0.0825. The number of likely N-dealkylation sites (N-methyl/N-ethyl adjacent to an activating group) is 1. The Morgan fingerprint density at radius 3 is 2.86 bits per heavy atom. The molecule has 6 heterocycles. The molecule has 8 rings (SSSR count). The quantitative estimate of drug-likeness (QED) is 0.234. The number of piperidine rings is 1. The highest BCUT2D eigenvalue weighted by atomic mass is 19.1. The van der Waals surface area contributed by atoms with Crippen LogP contribution in [0.4, 0.5) is 24.2 Å². The summed E-state index contributed by atoms with van der Waals surface area (Å²) in [6.07, 6.45) is 3.31. The van der Waals surface area contributed by atoms with Gasteiger partial charge in [-0.25, -0.2) is 18.4 Å². The van der Waals surface area contributed by atoms with Gasteiger partial charge in [0.2, 0.25) is 0 Å². The third-order valence-corrected chi connectivity index (χ3v) is 10.4. The van der Waals surface area contributed by atoms with E-state index in [0.717, 1.165) is 12.0 Å². The molecule has 14 heteroatoms. The van der Waals surface area contributed by atoms with E-state index in [4.69, 9.17) is 24.9 Å². The van der Waals surface area contributed by atoms with Crippen molar-refractivity contribution in [2.75, 3.05) is 44.8 Å². The fourth-order valence-electron chi connectivity index (χ4n) is 8.12. The highest BCUT2D eigenvalue weighted by molar-refractivity contribution is 6.02. The van der Waals surface area contributed by atoms with Crippen LogP contribution in [0.5, 0.6) is 11.8 Å². The highest BCUT2D eigenvalue weighted by Gasteiger charge is 2.44. The summed E-state index contributed by atoms with van der Waals surface area (Å²) in [5.41, 5.74) is 5.36. The molecular weight excluding hydrogens is 660 g/mol. The van der Waals surface area contributed by atoms with E-state index < -0.39 is 35.3 Å². The summed E-state index contributed by atoms with van der Waals surface area (Å²) in [4.78, 5) is 42.9. The molecule has 0 spiro atoms. The fourth-order valence-corrected chi connectivity index (χ4v) is 8.12. The molecule has 12 nitrogen and oxygen atoms in total. The summed E-state index contributed by atoms with van der Waals surface area (Å²) in [5.74, 6) is -0.177. The van der Waals surface area contributed by atoms with Gasteiger partial charge in [0.1, 0.15) is 35.6 Å². The van der Waals surface area contributed by atoms with Crippen molar-refractivity contribution in [1.82, 2.24) is 25.2 Å². The lowest BCUT2D eigenvalue weighted by Crippen LogP contribution is -2.57. The number of halogens is 2. The Hall–Kier alpha value is -4.85. The summed E-state index contributed by atoms with van der Waals surface area (Å²) >= 11 is 0. The first-order chi connectivity index (χ1) is 24.5. The van der Waals surface area contributed by atoms with Crippen LogP contribution >= 0.6 is 0 Å². The van der Waals surface area contributed by atoms with Crippen molar-refractivity contribution >= 4 is 39.7 Å². The number of nitrogens with zero attached hydrogens (tertiary/aromatic N) is 5. The molecule has 272 valence electrons. The van der Waals surface area contributed by atoms with Crippen LogP contribution in [0.15, 0.2) is 36.5 Å². The number of benzene rings is 2. The number of rotatable bonds is 6. The van der Waals surface area contributed by atoms with E-state index in [9.17, 15) is 14.0 Å². The number of pyridine rings is 1. The first kappa shape index (κ1) is 34.6. The second-order valence-electron chi connectivity index (χ2n) is 14.3. The third kappa shape index (κ3) is 6.80. The predicted molar refractivity (Wildman–Crippen MR) is 190 cm³/mol. The zero-order valence-corrected chi connectivity index (χ0v) is 29.1. The Morgan fingerprint density at radius 2 is 2.10 bits per heavy atom. The maximum Gasteiger partial charge on any atom is 0.409 e. The number of nitrogens with two attached hydrogens (primary N) is 1. The van der Waals surface area contributed by atoms with Crippen molar-refractivity contribution in [2.24, 2.45) is 5.73 Å². The summed E-state index contributed by atoms with van der Waals surface area (Å²) < 4.78 is 49.1. The molecule has 4 aliphatic heterocycles. The number of fused-ring (bicyclic) bond motifs is 6. The lowest BCUT2D eigenvalue weighted by atomic mass is 9.91. The van der Waals surface area contributed by atoms with Crippen LogP contribution < -0.4 is 25.4 Å². The van der Waals surface area contributed by atoms with Gasteiger partial charge in [0.15, 0.2) is 5.82 Å². The molecular formula is C37H45F2N7O5. The van der Waals surface area contributed by atoms with Gasteiger partial charge in [0.05, 0.1) is 23.1 Å². The molecule has 0 radical (unpaired) electrons. The van der Waals surface area contributed by atoms with Gasteiger partial charge in [0, 0.05) is 39.2 Å². The zero-order chi connectivity index (χ0) is 35.9. The number of carbonyl (C=O) groups excluding carboxylic acids is 2. The normalized spacial score (nSPS) is 24.1. The Labute approximate surface area is 296 Å². The van der Waals surface area contributed by atoms with E-state index in [1.165, 1.54) is 0 Å². The molecule has 2 saturated heterocycles. The first-order valence-electron chi connectivity index (χ1n) is 17.5. The second kappa shape index (κ2) is 13.7. The van der Waals surface area contributed by atoms with E-state index in [2.05, 4.69) is 15.3 Å². The molecule has 2 fully saturated rings. The van der Waals surface area contributed by atoms with Gasteiger partial charge in [-0.05, 0) is 74.5 Å². The van der Waals surface area contributed by atoms with Gasteiger partial charge < -0.3 is 30.2 Å². The largest absolute Gasteiger partial charge is 0.461 e. The number of amides is 2. The molecule has 6 bridgehead atoms. The number of aromatic nitrogens is 3. The number of hydrogen-bond acceptors (Lipinski definition) is 10. The number of alkyl halides is 1. The van der Waals surface area contributed by atoms with Crippen LogP contribution in [0.1, 0.15) is 59.4 Å². The van der Waals surface area contributed by atoms with Crippen LogP contribution in [0, 0.1) is 5.82 Å². The molecule has 2 amide bonds. The van der Waals surface area contributed by atoms with Crippen molar-refractivity contribution < 1.29 is 34.0 Å². The van der Waals surface area contributed by atoms with Crippen molar-refractivity contribution in [3.8, 4) is 23.0 Å². The van der Waals surface area contributed by atoms with Crippen molar-refractivity contribution in [3.05, 3.63) is 47.9 Å². The second-order valence-corrected chi connectivity index (χ2v) is 14.3. The first-order valence-corrected chi connectivity index (χ1v) is 17.5. The van der Waals surface area contributed by atoms with Crippen molar-refractivity contribution in [1.29, 1.82) is 0 Å². The monoisotopic (exact) mass is 705 g/mol. The molecule has 4 aromatic rings. The summed E-state index contributed by atoms with van der Waals surface area (Å²) in [6.45, 7) is 5.53. The zero-order valence-electron chi connectivity index (χ0n) is 29.1. The summed E-state index contributed by atoms with van der Waals surface area (Å²) in [5, 5.41) is 4.78. The fraction of sp³-hybridized carbons (Fsp3) is 0.486. The Bertz CT molecular complexity index is 2010. The lowest BCUT2D eigenvalue weighted by Gasteiger charge is -2.41. The molecule has 2 aromatic heterocycles. The van der Waals surface area contributed by atoms with Crippen LogP contribution in [0.3, 0.4) is 0 Å². The van der Waals surface area contributed by atoms with Crippen molar-refractivity contribution in [2.45, 2.75) is 76.0 Å². The standard InChI is InChI=1S/C37H43F2N7O5.H2/c1-4-11-37(17-24(38)19-45(37)3)21-50-34-42-31-27-18-41-30(29(31)39)26-16-25(51-33(40)47)15-23-9-5-8-22(28(23)26)10-6-14-49-35(48)44-36(2)12-7-13-46(20-36)32(27)43-34;/h5,8-9,15-16,18,24H,4,6-7,10-14,17,19-21H2,1-3H3,(H2,40,47)(H,44,48);1H/t24-,36-,37+;/m1./s1. The molecule has 51 heavy (non-hydrogen) atoms. The maximum atomic E-state index is 17.2. The summed E-state index contributed by atoms with van der Waals surface area (Å²) in [6, 6.07) is 8.76. The Kier molecular flexibility index (Phi) is 9.29. The van der Waals surface area contributed by atoms with Gasteiger partial charge in [-0.2, -0.15) is 9.97 Å². The van der Waals surface area contributed by atoms with Crippen LogP contribution in [0.2, 0.25) is 0 Å². The van der Waals surface area contributed by atoms with Crippen LogP contribution in [0.25, 0.3) is 32.9 Å². The maximum absolute atomic E-state index is 17.2. The number of primary amides is 1. The highest BCUT2D eigenvalue weighted by Crippen LogP contribution is 2.40. The third-order valence-electron chi connectivity index (χ3n) is 10.4. The molecule has 0 saturated carbocycles. The van der Waals surface area contributed by atoms with Crippen LogP contribution in [-0.2, 0) is 11.2 Å². The molecule has 4 aliphatic rings. The number of nitrogens with one attached hydrogen (secondary N) is 1. The minimum absolute atomic E-state index is 0. The van der Waals surface area contributed by atoms with E-state index in [1.54, 1.807) is 18.3 Å². The minimum Gasteiger partial charge on any atom is -0.461 e. The van der Waals surface area contributed by atoms with Gasteiger partial charge >= 0.3 is 18.2 Å². The smallest absolute Gasteiger partial charge is 0.409 e. The van der Waals surface area contributed by atoms with E-state index in [0.29, 0.717) is 85.7 Å². The molecule has 0 aliphatic carbocycles. The van der Waals surface area contributed by atoms with Gasteiger partial charge in [-0.3, -0.25) is 9.88 Å². The SMILES string of the molecule is CCC[C@@]1(COc2nc3c4cnc(c(F)c4n2)-c2cc(OC(N)=O)cc4cccc(c24)CCCOC(=O)N[C@]2(C)CCCN3C2)C[C@@H](F)CN1C.[HH]. The molecule has 0 unspecified atom stereocenters. The van der Waals surface area contributed by atoms with Crippen LogP contribution in [-0.4, -0.2) is 89.2 Å². The average Bonchev–Trinajstić information content (AvgIpc) is 3.36. The van der Waals surface area contributed by atoms with E-state index in [-0.39, 0.29) is 37.6 Å². The van der Waals surface area contributed by atoms with Gasteiger partial charge in [0.25, 0.3) is 0 Å². The number of anilines is 1. The van der Waals surface area contributed by atoms with E-state index >= 15 is 4.39 Å². The number of aryl methyl sites for hydroxylation is 1. The average molecular weight is 706 g/mol. The predicted octanol–water partition coefficient (Wildman–Crippen LogP) is 6.31. The summed E-state index contributed by atoms with van der Waals surface area (Å²) in [7, 11) is 1.89. The molecule has 3 atom stereocenters. The van der Waals surface area contributed by atoms with Gasteiger partial charge in [-0.15, -0.1) is 0 Å². The minimum atomic E-state index is -1.01. The van der Waals surface area contributed by atoms with Gasteiger partial charge in [-0.1, -0.05) is 31.5 Å². The molecule has 3 N–H and O–H groups in total. The van der Waals surface area contributed by atoms with Crippen molar-refractivity contribution in [3.63, 3.8) is 0 Å². The number of likely N-dealkylation sites (tertiary alicyclic amines) is 1. The Balaban J connectivity index is 0.00000464. The van der Waals surface area contributed by atoms with E-state index in [1.807, 2.05) is 48.9 Å². The number of alkyl carbamates (subject to hydrolysis) is 1. The number of hydrogen-bond donors (Lipinski definition) is 2. The Morgan fingerprint density at radius 1 is 1.25 bits per heavy atom.